The molecule has 0 aliphatic carbocycles. The molecule has 2 nitrogen and oxygen atoms in total. The number of hydrogen-bond acceptors (Lipinski definition) is 2. The standard InChI is InChI=1S/C42H28O2/c43-41-33-25-31-23-13-14-24-32(31)26-34(33)42(44)40-38(30-21-11-4-12-22-30)36(28-17-7-2-8-18-28)35(27-15-5-1-6-16-27)37(39(40)41)29-19-9-3-10-20-29/h1-26,43-44H. The second-order valence-electron chi connectivity index (χ2n) is 11.2. The van der Waals surface area contributed by atoms with Gasteiger partial charge in [-0.15, -0.1) is 0 Å². The second-order valence-corrected chi connectivity index (χ2v) is 11.2. The summed E-state index contributed by atoms with van der Waals surface area (Å²) in [6.07, 6.45) is 0. The van der Waals surface area contributed by atoms with E-state index >= 15 is 0 Å². The van der Waals surface area contributed by atoms with Crippen LogP contribution in [0.1, 0.15) is 0 Å². The monoisotopic (exact) mass is 564 g/mol. The van der Waals surface area contributed by atoms with Gasteiger partial charge >= 0.3 is 0 Å². The van der Waals surface area contributed by atoms with E-state index in [1.165, 1.54) is 0 Å². The number of phenols is 2. The molecule has 0 aliphatic rings. The molecule has 0 radical (unpaired) electrons. The van der Waals surface area contributed by atoms with Crippen molar-refractivity contribution in [2.75, 3.05) is 0 Å². The van der Waals surface area contributed by atoms with E-state index in [0.717, 1.165) is 55.3 Å². The molecule has 0 spiro atoms. The van der Waals surface area contributed by atoms with Crippen LogP contribution in [-0.2, 0) is 0 Å². The number of hydrogen-bond donors (Lipinski definition) is 2. The Bertz CT molecular complexity index is 2140. The van der Waals surface area contributed by atoms with Crippen molar-refractivity contribution < 1.29 is 10.2 Å². The number of benzene rings is 8. The van der Waals surface area contributed by atoms with Gasteiger partial charge in [-0.1, -0.05) is 146 Å². The fourth-order valence-corrected chi connectivity index (χ4v) is 6.70. The highest BCUT2D eigenvalue weighted by molar-refractivity contribution is 6.27. The molecule has 208 valence electrons. The van der Waals surface area contributed by atoms with Crippen LogP contribution in [0, 0.1) is 0 Å². The van der Waals surface area contributed by atoms with Gasteiger partial charge < -0.3 is 10.2 Å². The lowest BCUT2D eigenvalue weighted by Gasteiger charge is -2.26. The van der Waals surface area contributed by atoms with E-state index in [0.29, 0.717) is 21.5 Å². The maximum Gasteiger partial charge on any atom is 0.132 e. The van der Waals surface area contributed by atoms with E-state index in [9.17, 15) is 10.2 Å². The van der Waals surface area contributed by atoms with E-state index in [1.54, 1.807) is 0 Å². The number of rotatable bonds is 4. The maximum absolute atomic E-state index is 12.4. The zero-order chi connectivity index (χ0) is 29.6. The van der Waals surface area contributed by atoms with E-state index in [-0.39, 0.29) is 11.5 Å². The van der Waals surface area contributed by atoms with Gasteiger partial charge in [-0.25, -0.2) is 0 Å². The summed E-state index contributed by atoms with van der Waals surface area (Å²) in [7, 11) is 0. The van der Waals surface area contributed by atoms with Crippen LogP contribution in [0.15, 0.2) is 158 Å². The molecule has 0 aliphatic heterocycles. The third-order valence-electron chi connectivity index (χ3n) is 8.62. The predicted molar refractivity (Wildman–Crippen MR) is 184 cm³/mol. The first-order valence-electron chi connectivity index (χ1n) is 14.8. The summed E-state index contributed by atoms with van der Waals surface area (Å²) in [5, 5.41) is 29.4. The third-order valence-corrected chi connectivity index (χ3v) is 8.62. The first-order chi connectivity index (χ1) is 21.7. The Morgan fingerprint density at radius 1 is 0.295 bits per heavy atom. The second kappa shape index (κ2) is 10.4. The summed E-state index contributed by atoms with van der Waals surface area (Å²) in [6, 6.07) is 53.2. The van der Waals surface area contributed by atoms with Crippen molar-refractivity contribution in [2.24, 2.45) is 0 Å². The third kappa shape index (κ3) is 4.04. The van der Waals surface area contributed by atoms with Gasteiger partial charge in [0.2, 0.25) is 0 Å². The molecule has 0 bridgehead atoms. The minimum atomic E-state index is 0.159. The SMILES string of the molecule is Oc1c2cc3ccccc3cc2c(O)c2c(-c3ccccc3)c(-c3ccccc3)c(-c3ccccc3)c(-c3ccccc3)c12. The van der Waals surface area contributed by atoms with Crippen LogP contribution in [0.3, 0.4) is 0 Å². The molecule has 0 fully saturated rings. The van der Waals surface area contributed by atoms with Crippen LogP contribution in [0.25, 0.3) is 76.8 Å². The Balaban J connectivity index is 1.72. The van der Waals surface area contributed by atoms with Crippen LogP contribution in [-0.4, -0.2) is 10.2 Å². The normalized spacial score (nSPS) is 11.4. The first kappa shape index (κ1) is 25.8. The van der Waals surface area contributed by atoms with Crippen LogP contribution < -0.4 is 0 Å². The van der Waals surface area contributed by atoms with Crippen molar-refractivity contribution in [2.45, 2.75) is 0 Å². The van der Waals surface area contributed by atoms with E-state index in [1.807, 2.05) is 84.9 Å². The lowest BCUT2D eigenvalue weighted by molar-refractivity contribution is 0.479. The maximum atomic E-state index is 12.4. The zero-order valence-corrected chi connectivity index (χ0v) is 23.9. The molecule has 0 heterocycles. The Morgan fingerprint density at radius 3 is 0.886 bits per heavy atom. The first-order valence-corrected chi connectivity index (χ1v) is 14.8. The fourth-order valence-electron chi connectivity index (χ4n) is 6.70. The van der Waals surface area contributed by atoms with Crippen LogP contribution in [0.5, 0.6) is 11.5 Å². The summed E-state index contributed by atoms with van der Waals surface area (Å²) in [6.45, 7) is 0. The number of fused-ring (bicyclic) bond motifs is 3. The highest BCUT2D eigenvalue weighted by Gasteiger charge is 2.29. The largest absolute Gasteiger partial charge is 0.507 e. The minimum absolute atomic E-state index is 0.159. The lowest BCUT2D eigenvalue weighted by Crippen LogP contribution is -1.98. The fraction of sp³-hybridized carbons (Fsp3) is 0. The van der Waals surface area contributed by atoms with Crippen molar-refractivity contribution in [1.29, 1.82) is 0 Å². The summed E-state index contributed by atoms with van der Waals surface area (Å²) in [5.41, 5.74) is 7.75. The Hall–Kier alpha value is -5.86. The molecule has 0 saturated carbocycles. The highest BCUT2D eigenvalue weighted by Crippen LogP contribution is 2.57. The molecule has 0 unspecified atom stereocenters. The number of aromatic hydroxyl groups is 2. The quantitative estimate of drug-likeness (QED) is 0.165. The Morgan fingerprint density at radius 2 is 0.568 bits per heavy atom. The van der Waals surface area contributed by atoms with E-state index in [4.69, 9.17) is 0 Å². The van der Waals surface area contributed by atoms with Gasteiger partial charge in [0.05, 0.1) is 0 Å². The molecule has 0 atom stereocenters. The van der Waals surface area contributed by atoms with Gasteiger partial charge in [-0.3, -0.25) is 0 Å². The molecular formula is C42H28O2. The van der Waals surface area contributed by atoms with Crippen molar-refractivity contribution in [3.05, 3.63) is 158 Å². The molecule has 2 N–H and O–H groups in total. The van der Waals surface area contributed by atoms with Gasteiger partial charge in [0.25, 0.3) is 0 Å². The average molecular weight is 565 g/mol. The van der Waals surface area contributed by atoms with Gasteiger partial charge in [0.15, 0.2) is 0 Å². The predicted octanol–water partition coefficient (Wildman–Crippen LogP) is 11.2. The van der Waals surface area contributed by atoms with Crippen LogP contribution >= 0.6 is 0 Å². The lowest BCUT2D eigenvalue weighted by atomic mass is 9.77. The van der Waals surface area contributed by atoms with Crippen molar-refractivity contribution >= 4 is 32.3 Å². The summed E-state index contributed by atoms with van der Waals surface area (Å²) in [5.74, 6) is 0.317. The van der Waals surface area contributed by atoms with E-state index in [2.05, 4.69) is 72.8 Å². The van der Waals surface area contributed by atoms with Crippen LogP contribution in [0.4, 0.5) is 0 Å². The van der Waals surface area contributed by atoms with Gasteiger partial charge in [0, 0.05) is 32.7 Å². The highest BCUT2D eigenvalue weighted by atomic mass is 16.3. The molecule has 0 saturated heterocycles. The van der Waals surface area contributed by atoms with Crippen LogP contribution in [0.2, 0.25) is 0 Å². The molecule has 0 amide bonds. The smallest absolute Gasteiger partial charge is 0.132 e. The molecule has 44 heavy (non-hydrogen) atoms. The summed E-state index contributed by atoms with van der Waals surface area (Å²) >= 11 is 0. The van der Waals surface area contributed by atoms with Gasteiger partial charge in [-0.05, 0) is 56.3 Å². The molecule has 8 aromatic carbocycles. The van der Waals surface area contributed by atoms with Crippen molar-refractivity contribution in [3.8, 4) is 56.0 Å². The Kier molecular flexibility index (Phi) is 6.13. The minimum Gasteiger partial charge on any atom is -0.507 e. The molecule has 0 aromatic heterocycles. The topological polar surface area (TPSA) is 40.5 Å². The molecule has 8 aromatic rings. The van der Waals surface area contributed by atoms with Gasteiger partial charge in [0.1, 0.15) is 11.5 Å². The molecule has 2 heteroatoms. The molecule has 8 rings (SSSR count). The van der Waals surface area contributed by atoms with Gasteiger partial charge in [-0.2, -0.15) is 0 Å². The average Bonchev–Trinajstić information content (AvgIpc) is 3.10. The van der Waals surface area contributed by atoms with E-state index < -0.39 is 0 Å². The van der Waals surface area contributed by atoms with Crippen molar-refractivity contribution in [1.82, 2.24) is 0 Å². The van der Waals surface area contributed by atoms with Crippen molar-refractivity contribution in [3.63, 3.8) is 0 Å². The molecular weight excluding hydrogens is 536 g/mol. The number of phenolic OH excluding ortho intramolecular Hbond substituents is 2. The summed E-state index contributed by atoms with van der Waals surface area (Å²) in [4.78, 5) is 0. The summed E-state index contributed by atoms with van der Waals surface area (Å²) < 4.78 is 0. The Labute approximate surface area is 255 Å². The zero-order valence-electron chi connectivity index (χ0n) is 23.9.